The number of allylic oxidation sites excluding steroid dienone is 1. The fourth-order valence-electron chi connectivity index (χ4n) is 4.77. The Labute approximate surface area is 240 Å². The van der Waals surface area contributed by atoms with Crippen LogP contribution in [0.5, 0.6) is 0 Å². The van der Waals surface area contributed by atoms with E-state index in [2.05, 4.69) is 10.6 Å². The Bertz CT molecular complexity index is 1270. The van der Waals surface area contributed by atoms with Crippen molar-refractivity contribution in [3.63, 3.8) is 0 Å². The van der Waals surface area contributed by atoms with Gasteiger partial charge in [-0.05, 0) is 63.3 Å². The number of nitrogens with zero attached hydrogens (tertiary/aromatic N) is 2. The summed E-state index contributed by atoms with van der Waals surface area (Å²) >= 11 is 0. The zero-order chi connectivity index (χ0) is 29.4. The number of fused-ring (bicyclic) bond motifs is 4. The van der Waals surface area contributed by atoms with Crippen molar-refractivity contribution >= 4 is 29.7 Å². The zero-order valence-electron chi connectivity index (χ0n) is 23.8. The highest BCUT2D eigenvalue weighted by Gasteiger charge is 2.41. The van der Waals surface area contributed by atoms with Crippen molar-refractivity contribution < 1.29 is 28.7 Å². The third-order valence-electron chi connectivity index (χ3n) is 6.71. The summed E-state index contributed by atoms with van der Waals surface area (Å²) < 4.78 is 10.9. The number of alkyl carbamates (subject to hydrolysis) is 1. The Morgan fingerprint density at radius 2 is 1.78 bits per heavy atom. The van der Waals surface area contributed by atoms with Crippen LogP contribution < -0.4 is 15.5 Å². The van der Waals surface area contributed by atoms with E-state index in [1.807, 2.05) is 48.6 Å². The molecule has 0 saturated carbocycles. The standard InChI is InChI=1S/C31H38N4O6/c1-31(2,3)41-30(39)34-19-26-28(37)32-17-10-5-4-9-16-25(33-29(38)40-21-22-12-7-6-8-13-22)23-14-11-15-24(18-23)35(26)27(36)20-34/h4-8,11-15,18,25-26H,9-10,16-17,19-21H2,1-3H3,(H,32,37)(H,33,38)/b5-4+/t25-,26+/m0/s1. The highest BCUT2D eigenvalue weighted by molar-refractivity contribution is 6.04. The predicted octanol–water partition coefficient (Wildman–Crippen LogP) is 4.46. The first kappa shape index (κ1) is 29.6. The van der Waals surface area contributed by atoms with Crippen LogP contribution in [0.3, 0.4) is 0 Å². The lowest BCUT2D eigenvalue weighted by Gasteiger charge is -2.40. The van der Waals surface area contributed by atoms with Gasteiger partial charge in [0.1, 0.15) is 24.8 Å². The Morgan fingerprint density at radius 1 is 1.02 bits per heavy atom. The van der Waals surface area contributed by atoms with Gasteiger partial charge in [0.15, 0.2) is 0 Å². The number of benzene rings is 2. The first-order valence-electron chi connectivity index (χ1n) is 13.9. The number of carbonyl (C=O) groups is 4. The number of amides is 4. The average Bonchev–Trinajstić information content (AvgIpc) is 2.93. The second-order valence-corrected chi connectivity index (χ2v) is 11.1. The molecule has 4 rings (SSSR count). The summed E-state index contributed by atoms with van der Waals surface area (Å²) in [6.07, 6.45) is 4.71. The number of anilines is 1. The SMILES string of the molecule is CC(C)(C)OC(=O)N1CC(=O)N2c3cccc(c3)[C@@H](NC(=O)OCc3ccccc3)CC/C=C/CCNC(=O)[C@H]2C1. The van der Waals surface area contributed by atoms with Crippen LogP contribution in [0, 0.1) is 0 Å². The van der Waals surface area contributed by atoms with Crippen molar-refractivity contribution in [3.8, 4) is 0 Å². The van der Waals surface area contributed by atoms with Crippen molar-refractivity contribution in [3.05, 3.63) is 77.9 Å². The molecule has 0 aromatic heterocycles. The number of rotatable bonds is 3. The molecule has 1 saturated heterocycles. The second kappa shape index (κ2) is 13.3. The third kappa shape index (κ3) is 8.33. The Balaban J connectivity index is 1.58. The monoisotopic (exact) mass is 562 g/mol. The van der Waals surface area contributed by atoms with Gasteiger partial charge in [0.25, 0.3) is 0 Å². The van der Waals surface area contributed by atoms with Crippen LogP contribution in [0.4, 0.5) is 15.3 Å². The molecule has 10 nitrogen and oxygen atoms in total. The summed E-state index contributed by atoms with van der Waals surface area (Å²) in [4.78, 5) is 55.1. The molecule has 10 heteroatoms. The quantitative estimate of drug-likeness (QED) is 0.534. The maximum absolute atomic E-state index is 13.5. The molecule has 2 aromatic rings. The van der Waals surface area contributed by atoms with E-state index in [-0.39, 0.29) is 25.6 Å². The van der Waals surface area contributed by atoms with Crippen molar-refractivity contribution in [2.75, 3.05) is 24.5 Å². The summed E-state index contributed by atoms with van der Waals surface area (Å²) in [5.74, 6) is -0.764. The van der Waals surface area contributed by atoms with Gasteiger partial charge in [-0.1, -0.05) is 54.6 Å². The number of piperazine rings is 1. The molecule has 2 bridgehead atoms. The lowest BCUT2D eigenvalue weighted by atomic mass is 9.99. The molecule has 0 unspecified atom stereocenters. The van der Waals surface area contributed by atoms with Crippen molar-refractivity contribution in [1.82, 2.24) is 15.5 Å². The van der Waals surface area contributed by atoms with Gasteiger partial charge >= 0.3 is 12.2 Å². The summed E-state index contributed by atoms with van der Waals surface area (Å²) in [6.45, 7) is 5.54. The Morgan fingerprint density at radius 3 is 2.54 bits per heavy atom. The molecule has 2 heterocycles. The fourth-order valence-corrected chi connectivity index (χ4v) is 4.77. The molecule has 4 amide bonds. The maximum Gasteiger partial charge on any atom is 0.410 e. The van der Waals surface area contributed by atoms with Crippen LogP contribution in [-0.4, -0.2) is 60.2 Å². The van der Waals surface area contributed by atoms with Crippen molar-refractivity contribution in [2.24, 2.45) is 0 Å². The third-order valence-corrected chi connectivity index (χ3v) is 6.71. The minimum Gasteiger partial charge on any atom is -0.445 e. The Hall–Kier alpha value is -4.34. The molecule has 2 atom stereocenters. The van der Waals surface area contributed by atoms with Gasteiger partial charge in [-0.2, -0.15) is 0 Å². The van der Waals surface area contributed by atoms with Gasteiger partial charge in [-0.3, -0.25) is 19.4 Å². The van der Waals surface area contributed by atoms with Gasteiger partial charge in [-0.25, -0.2) is 9.59 Å². The number of hydrogen-bond acceptors (Lipinski definition) is 6. The smallest absolute Gasteiger partial charge is 0.410 e. The molecular weight excluding hydrogens is 524 g/mol. The molecule has 2 aromatic carbocycles. The number of nitrogens with one attached hydrogen (secondary N) is 2. The second-order valence-electron chi connectivity index (χ2n) is 11.1. The highest BCUT2D eigenvalue weighted by atomic mass is 16.6. The first-order chi connectivity index (χ1) is 19.6. The van der Waals surface area contributed by atoms with Crippen LogP contribution >= 0.6 is 0 Å². The van der Waals surface area contributed by atoms with E-state index in [0.29, 0.717) is 31.5 Å². The van der Waals surface area contributed by atoms with Gasteiger partial charge < -0.3 is 20.1 Å². The molecule has 2 aliphatic heterocycles. The molecule has 0 aliphatic carbocycles. The van der Waals surface area contributed by atoms with E-state index in [0.717, 1.165) is 11.1 Å². The van der Waals surface area contributed by atoms with Crippen molar-refractivity contribution in [2.45, 2.75) is 64.3 Å². The molecule has 1 fully saturated rings. The van der Waals surface area contributed by atoms with E-state index in [1.165, 1.54) is 9.80 Å². The average molecular weight is 563 g/mol. The van der Waals surface area contributed by atoms with E-state index >= 15 is 0 Å². The molecule has 0 spiro atoms. The number of carbonyl (C=O) groups excluding carboxylic acids is 4. The number of ether oxygens (including phenoxy) is 2. The van der Waals surface area contributed by atoms with E-state index in [4.69, 9.17) is 9.47 Å². The van der Waals surface area contributed by atoms with Crippen LogP contribution in [0.15, 0.2) is 66.7 Å². The molecule has 2 N–H and O–H groups in total. The summed E-state index contributed by atoms with van der Waals surface area (Å²) in [6, 6.07) is 15.3. The van der Waals surface area contributed by atoms with Crippen LogP contribution in [-0.2, 0) is 25.7 Å². The van der Waals surface area contributed by atoms with E-state index < -0.39 is 35.8 Å². The predicted molar refractivity (Wildman–Crippen MR) is 154 cm³/mol. The highest BCUT2D eigenvalue weighted by Crippen LogP contribution is 2.28. The Kier molecular flexibility index (Phi) is 9.65. The summed E-state index contributed by atoms with van der Waals surface area (Å²) in [5, 5.41) is 5.86. The summed E-state index contributed by atoms with van der Waals surface area (Å²) in [7, 11) is 0. The minimum atomic E-state index is -0.951. The van der Waals surface area contributed by atoms with Crippen molar-refractivity contribution in [1.29, 1.82) is 0 Å². The van der Waals surface area contributed by atoms with Crippen LogP contribution in [0.25, 0.3) is 0 Å². The molecule has 2 aliphatic rings. The van der Waals surface area contributed by atoms with E-state index in [1.54, 1.807) is 39.0 Å². The molecule has 218 valence electrons. The largest absolute Gasteiger partial charge is 0.445 e. The number of hydrogen-bond donors (Lipinski definition) is 2. The topological polar surface area (TPSA) is 117 Å². The minimum absolute atomic E-state index is 0.0138. The first-order valence-corrected chi connectivity index (χ1v) is 13.9. The maximum atomic E-state index is 13.5. The zero-order valence-corrected chi connectivity index (χ0v) is 23.8. The van der Waals surface area contributed by atoms with Crippen LogP contribution in [0.2, 0.25) is 0 Å². The normalized spacial score (nSPS) is 20.7. The van der Waals surface area contributed by atoms with Gasteiger partial charge in [0.05, 0.1) is 12.6 Å². The van der Waals surface area contributed by atoms with Gasteiger partial charge in [-0.15, -0.1) is 0 Å². The van der Waals surface area contributed by atoms with Gasteiger partial charge in [0, 0.05) is 12.2 Å². The fraction of sp³-hybridized carbons (Fsp3) is 0.419. The van der Waals surface area contributed by atoms with E-state index in [9.17, 15) is 19.2 Å². The summed E-state index contributed by atoms with van der Waals surface area (Å²) in [5.41, 5.74) is 1.42. The molecular formula is C31H38N4O6. The lowest BCUT2D eigenvalue weighted by molar-refractivity contribution is -0.129. The molecule has 0 radical (unpaired) electrons. The van der Waals surface area contributed by atoms with Crippen LogP contribution in [0.1, 0.15) is 57.2 Å². The molecule has 41 heavy (non-hydrogen) atoms. The lowest BCUT2D eigenvalue weighted by Crippen LogP contribution is -2.63. The van der Waals surface area contributed by atoms with Gasteiger partial charge in [0.2, 0.25) is 11.8 Å².